The number of hydrogen-bond acceptors (Lipinski definition) is 5. The van der Waals surface area contributed by atoms with Gasteiger partial charge in [0, 0.05) is 16.2 Å². The second kappa shape index (κ2) is 8.13. The number of methoxy groups -OCH3 is 3. The first-order valence-corrected chi connectivity index (χ1v) is 9.50. The molecule has 0 fully saturated rings. The van der Waals surface area contributed by atoms with Gasteiger partial charge in [-0.1, -0.05) is 6.08 Å². The van der Waals surface area contributed by atoms with Gasteiger partial charge in [0.05, 0.1) is 21.3 Å². The van der Waals surface area contributed by atoms with E-state index in [1.807, 2.05) is 36.4 Å². The Balaban J connectivity index is 1.77. The zero-order chi connectivity index (χ0) is 19.4. The molecule has 2 aromatic carbocycles. The van der Waals surface area contributed by atoms with Crippen LogP contribution in [0.25, 0.3) is 6.08 Å². The van der Waals surface area contributed by atoms with E-state index in [1.54, 1.807) is 46.1 Å². The van der Waals surface area contributed by atoms with E-state index >= 15 is 0 Å². The SMILES string of the molecule is COc1cc(CSc2ccc3c(c2)C=CC(C)(CF)O3)cc(OC)c1OC. The second-order valence-corrected chi connectivity index (χ2v) is 7.45. The van der Waals surface area contributed by atoms with E-state index in [-0.39, 0.29) is 0 Å². The molecule has 4 nitrogen and oxygen atoms in total. The minimum absolute atomic E-state index is 0.555. The molecule has 1 atom stereocenters. The van der Waals surface area contributed by atoms with Gasteiger partial charge < -0.3 is 18.9 Å². The third-order valence-electron chi connectivity index (χ3n) is 4.34. The molecule has 6 heteroatoms. The summed E-state index contributed by atoms with van der Waals surface area (Å²) in [5.41, 5.74) is 1.14. The number of thioether (sulfide) groups is 1. The van der Waals surface area contributed by atoms with Crippen LogP contribution in [-0.2, 0) is 5.75 Å². The summed E-state index contributed by atoms with van der Waals surface area (Å²) in [6.45, 7) is 1.18. The fourth-order valence-corrected chi connectivity index (χ4v) is 3.72. The Kier molecular flexibility index (Phi) is 5.85. The summed E-state index contributed by atoms with van der Waals surface area (Å²) < 4.78 is 35.0. The number of hydrogen-bond donors (Lipinski definition) is 0. The summed E-state index contributed by atoms with van der Waals surface area (Å²) in [5, 5.41) is 0. The van der Waals surface area contributed by atoms with Crippen molar-refractivity contribution < 1.29 is 23.3 Å². The van der Waals surface area contributed by atoms with Crippen LogP contribution in [-0.4, -0.2) is 33.6 Å². The van der Waals surface area contributed by atoms with Crippen LogP contribution in [0.5, 0.6) is 23.0 Å². The fourth-order valence-electron chi connectivity index (χ4n) is 2.85. The van der Waals surface area contributed by atoms with Gasteiger partial charge in [0.2, 0.25) is 5.75 Å². The second-order valence-electron chi connectivity index (χ2n) is 6.40. The quantitative estimate of drug-likeness (QED) is 0.612. The van der Waals surface area contributed by atoms with Gasteiger partial charge in [0.15, 0.2) is 17.1 Å². The Morgan fingerprint density at radius 3 is 2.33 bits per heavy atom. The van der Waals surface area contributed by atoms with Crippen molar-refractivity contribution in [1.29, 1.82) is 0 Å². The fraction of sp³-hybridized carbons (Fsp3) is 0.333. The van der Waals surface area contributed by atoms with Crippen LogP contribution in [0.15, 0.2) is 41.3 Å². The summed E-state index contributed by atoms with van der Waals surface area (Å²) in [7, 11) is 4.80. The zero-order valence-electron chi connectivity index (χ0n) is 15.9. The minimum atomic E-state index is -0.877. The molecule has 27 heavy (non-hydrogen) atoms. The van der Waals surface area contributed by atoms with E-state index in [4.69, 9.17) is 18.9 Å². The highest BCUT2D eigenvalue weighted by Gasteiger charge is 2.27. The molecule has 0 aliphatic carbocycles. The molecule has 1 unspecified atom stereocenters. The number of benzene rings is 2. The van der Waals surface area contributed by atoms with Gasteiger partial charge in [0.1, 0.15) is 12.4 Å². The van der Waals surface area contributed by atoms with E-state index in [1.165, 1.54) is 0 Å². The van der Waals surface area contributed by atoms with E-state index in [0.29, 0.717) is 23.0 Å². The van der Waals surface area contributed by atoms with Crippen molar-refractivity contribution >= 4 is 17.8 Å². The number of rotatable bonds is 7. The molecular weight excluding hydrogens is 367 g/mol. The smallest absolute Gasteiger partial charge is 0.203 e. The number of halogens is 1. The Morgan fingerprint density at radius 1 is 1.04 bits per heavy atom. The summed E-state index contributed by atoms with van der Waals surface area (Å²) in [6, 6.07) is 9.82. The molecule has 1 aliphatic heterocycles. The molecule has 0 aromatic heterocycles. The highest BCUT2D eigenvalue weighted by Crippen LogP contribution is 2.40. The van der Waals surface area contributed by atoms with E-state index in [2.05, 4.69) is 0 Å². The van der Waals surface area contributed by atoms with Crippen molar-refractivity contribution in [1.82, 2.24) is 0 Å². The van der Waals surface area contributed by atoms with Crippen LogP contribution >= 0.6 is 11.8 Å². The van der Waals surface area contributed by atoms with Crippen molar-refractivity contribution in [3.63, 3.8) is 0 Å². The van der Waals surface area contributed by atoms with Crippen molar-refractivity contribution in [2.45, 2.75) is 23.2 Å². The average Bonchev–Trinajstić information content (AvgIpc) is 2.71. The molecule has 3 rings (SSSR count). The molecule has 0 saturated heterocycles. The first-order chi connectivity index (χ1) is 13.0. The largest absolute Gasteiger partial charge is 0.493 e. The third kappa shape index (κ3) is 4.16. The number of fused-ring (bicyclic) bond motifs is 1. The minimum Gasteiger partial charge on any atom is -0.493 e. The van der Waals surface area contributed by atoms with Crippen LogP contribution in [0.2, 0.25) is 0 Å². The van der Waals surface area contributed by atoms with Gasteiger partial charge in [-0.3, -0.25) is 0 Å². The topological polar surface area (TPSA) is 36.9 Å². The maximum Gasteiger partial charge on any atom is 0.203 e. The highest BCUT2D eigenvalue weighted by molar-refractivity contribution is 7.98. The van der Waals surface area contributed by atoms with Gasteiger partial charge >= 0.3 is 0 Å². The van der Waals surface area contributed by atoms with Crippen LogP contribution in [0.1, 0.15) is 18.1 Å². The molecule has 1 aliphatic rings. The van der Waals surface area contributed by atoms with Crippen LogP contribution in [0.4, 0.5) is 4.39 Å². The van der Waals surface area contributed by atoms with Gasteiger partial charge in [-0.05, 0) is 48.9 Å². The van der Waals surface area contributed by atoms with E-state index in [0.717, 1.165) is 21.8 Å². The molecule has 0 radical (unpaired) electrons. The molecular formula is C21H23FO4S. The zero-order valence-corrected chi connectivity index (χ0v) is 16.7. The lowest BCUT2D eigenvalue weighted by Gasteiger charge is -2.29. The molecule has 1 heterocycles. The van der Waals surface area contributed by atoms with Gasteiger partial charge in [-0.2, -0.15) is 0 Å². The Hall–Kier alpha value is -2.34. The predicted molar refractivity (Wildman–Crippen MR) is 106 cm³/mol. The van der Waals surface area contributed by atoms with Crippen LogP contribution in [0.3, 0.4) is 0 Å². The van der Waals surface area contributed by atoms with Gasteiger partial charge in [-0.25, -0.2) is 4.39 Å². The average molecular weight is 390 g/mol. The molecule has 2 aromatic rings. The summed E-state index contributed by atoms with van der Waals surface area (Å²) in [4.78, 5) is 1.10. The lowest BCUT2D eigenvalue weighted by molar-refractivity contribution is 0.105. The van der Waals surface area contributed by atoms with Gasteiger partial charge in [-0.15, -0.1) is 11.8 Å². The molecule has 0 saturated carbocycles. The van der Waals surface area contributed by atoms with Crippen LogP contribution in [0, 0.1) is 0 Å². The molecule has 0 amide bonds. The van der Waals surface area contributed by atoms with Crippen molar-refractivity contribution in [3.05, 3.63) is 47.5 Å². The van der Waals surface area contributed by atoms with E-state index in [9.17, 15) is 4.39 Å². The third-order valence-corrected chi connectivity index (χ3v) is 5.40. The Labute approximate surface area is 163 Å². The standard InChI is InChI=1S/C21H23FO4S/c1-21(13-22)8-7-15-11-16(5-6-17(15)26-21)27-12-14-9-18(23-2)20(25-4)19(10-14)24-3/h5-11H,12-13H2,1-4H3. The molecule has 0 N–H and O–H groups in total. The van der Waals surface area contributed by atoms with Gasteiger partial charge in [0.25, 0.3) is 0 Å². The van der Waals surface area contributed by atoms with Crippen molar-refractivity contribution in [2.75, 3.05) is 28.0 Å². The lowest BCUT2D eigenvalue weighted by Crippen LogP contribution is -2.34. The highest BCUT2D eigenvalue weighted by atomic mass is 32.2. The maximum atomic E-state index is 13.1. The van der Waals surface area contributed by atoms with Crippen molar-refractivity contribution in [3.8, 4) is 23.0 Å². The monoisotopic (exact) mass is 390 g/mol. The normalized spacial score (nSPS) is 17.8. The van der Waals surface area contributed by atoms with E-state index < -0.39 is 12.3 Å². The van der Waals surface area contributed by atoms with Crippen LogP contribution < -0.4 is 18.9 Å². The predicted octanol–water partition coefficient (Wildman–Crippen LogP) is 5.14. The summed E-state index contributed by atoms with van der Waals surface area (Å²) in [5.74, 6) is 3.30. The molecule has 144 valence electrons. The first-order valence-electron chi connectivity index (χ1n) is 8.52. The Morgan fingerprint density at radius 2 is 1.74 bits per heavy atom. The Bertz CT molecular complexity index is 827. The number of alkyl halides is 1. The molecule has 0 spiro atoms. The first kappa shape index (κ1) is 19.4. The van der Waals surface area contributed by atoms with Crippen molar-refractivity contribution in [2.24, 2.45) is 0 Å². The maximum absolute atomic E-state index is 13.1. The molecule has 0 bridgehead atoms. The summed E-state index contributed by atoms with van der Waals surface area (Å²) in [6.07, 6.45) is 3.69. The lowest BCUT2D eigenvalue weighted by atomic mass is 10.0. The number of ether oxygens (including phenoxy) is 4. The summed E-state index contributed by atoms with van der Waals surface area (Å²) >= 11 is 1.69.